The molecule has 0 saturated heterocycles. The summed E-state index contributed by atoms with van der Waals surface area (Å²) in [7, 11) is 0. The maximum Gasteiger partial charge on any atom is 0.240 e. The molecule has 0 spiro atoms. The fourth-order valence-corrected chi connectivity index (χ4v) is 2.05. The minimum Gasteiger partial charge on any atom is -0.508 e. The van der Waals surface area contributed by atoms with Crippen molar-refractivity contribution in [3.63, 3.8) is 0 Å². The molecule has 1 aromatic heterocycles. The maximum atomic E-state index is 9.91. The summed E-state index contributed by atoms with van der Waals surface area (Å²) in [5.41, 5.74) is 2.06. The van der Waals surface area contributed by atoms with E-state index in [9.17, 15) is 5.11 Å². The third kappa shape index (κ3) is 3.57. The Balaban J connectivity index is 2.06. The molecule has 0 amide bonds. The van der Waals surface area contributed by atoms with E-state index in [4.69, 9.17) is 4.52 Å². The third-order valence-corrected chi connectivity index (χ3v) is 3.26. The van der Waals surface area contributed by atoms with Gasteiger partial charge in [-0.2, -0.15) is 4.98 Å². The molecule has 108 valence electrons. The van der Waals surface area contributed by atoms with Gasteiger partial charge in [0.25, 0.3) is 0 Å². The quantitative estimate of drug-likeness (QED) is 0.878. The number of aromatic nitrogens is 2. The SMILES string of the molecule is CCc1noc(CN(CC)Cc2cc(C)ccc2O)n1. The molecule has 1 N–H and O–H groups in total. The highest BCUT2D eigenvalue weighted by atomic mass is 16.5. The van der Waals surface area contributed by atoms with Crippen molar-refractivity contribution in [1.82, 2.24) is 15.0 Å². The molecule has 0 unspecified atom stereocenters. The number of benzene rings is 1. The zero-order valence-corrected chi connectivity index (χ0v) is 12.3. The maximum absolute atomic E-state index is 9.91. The van der Waals surface area contributed by atoms with Crippen LogP contribution in [0.3, 0.4) is 0 Å². The molecular formula is C15H21N3O2. The highest BCUT2D eigenvalue weighted by Crippen LogP contribution is 2.20. The first-order valence-electron chi connectivity index (χ1n) is 6.94. The van der Waals surface area contributed by atoms with Crippen molar-refractivity contribution in [3.8, 4) is 5.75 Å². The topological polar surface area (TPSA) is 62.4 Å². The smallest absolute Gasteiger partial charge is 0.240 e. The van der Waals surface area contributed by atoms with Crippen LogP contribution in [0.15, 0.2) is 22.7 Å². The molecule has 0 saturated carbocycles. The van der Waals surface area contributed by atoms with Crippen LogP contribution in [0.4, 0.5) is 0 Å². The Morgan fingerprint density at radius 3 is 2.70 bits per heavy atom. The van der Waals surface area contributed by atoms with Crippen LogP contribution in [0.2, 0.25) is 0 Å². The predicted molar refractivity (Wildman–Crippen MR) is 76.3 cm³/mol. The van der Waals surface area contributed by atoms with Crippen LogP contribution in [-0.4, -0.2) is 26.7 Å². The summed E-state index contributed by atoms with van der Waals surface area (Å²) in [6.45, 7) is 8.19. The molecule has 20 heavy (non-hydrogen) atoms. The summed E-state index contributed by atoms with van der Waals surface area (Å²) in [5, 5.41) is 13.8. The molecule has 2 aromatic rings. The van der Waals surface area contributed by atoms with E-state index in [2.05, 4.69) is 22.0 Å². The second-order valence-corrected chi connectivity index (χ2v) is 4.89. The second-order valence-electron chi connectivity index (χ2n) is 4.89. The van der Waals surface area contributed by atoms with E-state index in [-0.39, 0.29) is 0 Å². The van der Waals surface area contributed by atoms with Crippen molar-refractivity contribution in [1.29, 1.82) is 0 Å². The number of nitrogens with zero attached hydrogens (tertiary/aromatic N) is 3. The van der Waals surface area contributed by atoms with Gasteiger partial charge in [-0.25, -0.2) is 0 Å². The minimum absolute atomic E-state index is 0.328. The van der Waals surface area contributed by atoms with Crippen molar-refractivity contribution in [3.05, 3.63) is 41.0 Å². The van der Waals surface area contributed by atoms with Crippen LogP contribution in [0.25, 0.3) is 0 Å². The van der Waals surface area contributed by atoms with Crippen LogP contribution in [-0.2, 0) is 19.5 Å². The first-order chi connectivity index (χ1) is 9.62. The van der Waals surface area contributed by atoms with E-state index in [1.807, 2.05) is 26.0 Å². The van der Waals surface area contributed by atoms with Crippen molar-refractivity contribution < 1.29 is 9.63 Å². The van der Waals surface area contributed by atoms with Gasteiger partial charge in [-0.15, -0.1) is 0 Å². The average molecular weight is 275 g/mol. The minimum atomic E-state index is 0.328. The van der Waals surface area contributed by atoms with Gasteiger partial charge in [0, 0.05) is 18.5 Å². The molecular weight excluding hydrogens is 254 g/mol. The molecule has 1 heterocycles. The summed E-state index contributed by atoms with van der Waals surface area (Å²) >= 11 is 0. The number of phenols is 1. The van der Waals surface area contributed by atoms with Crippen LogP contribution in [0.5, 0.6) is 5.75 Å². The molecule has 1 aromatic carbocycles. The van der Waals surface area contributed by atoms with Crippen molar-refractivity contribution in [2.45, 2.75) is 40.3 Å². The monoisotopic (exact) mass is 275 g/mol. The lowest BCUT2D eigenvalue weighted by Gasteiger charge is -2.19. The average Bonchev–Trinajstić information content (AvgIpc) is 2.89. The summed E-state index contributed by atoms with van der Waals surface area (Å²) in [4.78, 5) is 6.47. The number of rotatable bonds is 6. The second kappa shape index (κ2) is 6.52. The summed E-state index contributed by atoms with van der Waals surface area (Å²) in [6, 6.07) is 5.64. The van der Waals surface area contributed by atoms with Crippen LogP contribution in [0.1, 0.15) is 36.7 Å². The Morgan fingerprint density at radius 2 is 2.05 bits per heavy atom. The lowest BCUT2D eigenvalue weighted by molar-refractivity contribution is 0.226. The van der Waals surface area contributed by atoms with E-state index in [1.54, 1.807) is 6.07 Å². The Bertz CT molecular complexity index is 566. The Kier molecular flexibility index (Phi) is 4.74. The summed E-state index contributed by atoms with van der Waals surface area (Å²) in [6.07, 6.45) is 0.772. The van der Waals surface area contributed by atoms with E-state index < -0.39 is 0 Å². The number of aryl methyl sites for hydroxylation is 2. The van der Waals surface area contributed by atoms with E-state index >= 15 is 0 Å². The van der Waals surface area contributed by atoms with Gasteiger partial charge in [-0.3, -0.25) is 4.90 Å². The summed E-state index contributed by atoms with van der Waals surface area (Å²) in [5.74, 6) is 1.68. The van der Waals surface area contributed by atoms with E-state index in [0.717, 1.165) is 29.9 Å². The highest BCUT2D eigenvalue weighted by molar-refractivity contribution is 5.35. The lowest BCUT2D eigenvalue weighted by atomic mass is 10.1. The standard InChI is InChI=1S/C15H21N3O2/c1-4-14-16-15(20-17-14)10-18(5-2)9-12-8-11(3)6-7-13(12)19/h6-8,19H,4-5,9-10H2,1-3H3. The Labute approximate surface area is 119 Å². The molecule has 0 atom stereocenters. The zero-order chi connectivity index (χ0) is 14.5. The van der Waals surface area contributed by atoms with Crippen LogP contribution in [0, 0.1) is 6.92 Å². The van der Waals surface area contributed by atoms with Crippen molar-refractivity contribution in [2.24, 2.45) is 0 Å². The van der Waals surface area contributed by atoms with Crippen LogP contribution < -0.4 is 0 Å². The van der Waals surface area contributed by atoms with Gasteiger partial charge in [0.2, 0.25) is 5.89 Å². The summed E-state index contributed by atoms with van der Waals surface area (Å²) < 4.78 is 5.21. The van der Waals surface area contributed by atoms with Gasteiger partial charge in [-0.1, -0.05) is 36.7 Å². The van der Waals surface area contributed by atoms with Crippen molar-refractivity contribution >= 4 is 0 Å². The van der Waals surface area contributed by atoms with Gasteiger partial charge in [0.05, 0.1) is 6.54 Å². The molecule has 0 bridgehead atoms. The predicted octanol–water partition coefficient (Wildman–Crippen LogP) is 2.67. The number of phenolic OH excluding ortho intramolecular Hbond substituents is 1. The van der Waals surface area contributed by atoms with Crippen LogP contribution >= 0.6 is 0 Å². The molecule has 0 fully saturated rings. The van der Waals surface area contributed by atoms with E-state index in [1.165, 1.54) is 0 Å². The highest BCUT2D eigenvalue weighted by Gasteiger charge is 2.12. The zero-order valence-electron chi connectivity index (χ0n) is 12.3. The fraction of sp³-hybridized carbons (Fsp3) is 0.467. The fourth-order valence-electron chi connectivity index (χ4n) is 2.05. The Morgan fingerprint density at radius 1 is 1.25 bits per heavy atom. The molecule has 5 heteroatoms. The molecule has 0 radical (unpaired) electrons. The van der Waals surface area contributed by atoms with Gasteiger partial charge >= 0.3 is 0 Å². The molecule has 0 aliphatic rings. The molecule has 0 aliphatic carbocycles. The number of hydrogen-bond acceptors (Lipinski definition) is 5. The molecule has 2 rings (SSSR count). The largest absolute Gasteiger partial charge is 0.508 e. The number of aromatic hydroxyl groups is 1. The molecule has 0 aliphatic heterocycles. The van der Waals surface area contributed by atoms with Gasteiger partial charge in [0.1, 0.15) is 5.75 Å². The first kappa shape index (κ1) is 14.5. The van der Waals surface area contributed by atoms with Gasteiger partial charge in [-0.05, 0) is 19.5 Å². The lowest BCUT2D eigenvalue weighted by Crippen LogP contribution is -2.22. The Hall–Kier alpha value is -1.88. The van der Waals surface area contributed by atoms with Gasteiger partial charge < -0.3 is 9.63 Å². The number of hydrogen-bond donors (Lipinski definition) is 1. The normalized spacial score (nSPS) is 11.2. The van der Waals surface area contributed by atoms with Crippen molar-refractivity contribution in [2.75, 3.05) is 6.54 Å². The molecule has 5 nitrogen and oxygen atoms in total. The first-order valence-corrected chi connectivity index (χ1v) is 6.94. The third-order valence-electron chi connectivity index (χ3n) is 3.26. The van der Waals surface area contributed by atoms with Gasteiger partial charge in [0.15, 0.2) is 5.82 Å². The van der Waals surface area contributed by atoms with E-state index in [0.29, 0.717) is 24.7 Å².